The number of hydrogen-bond donors (Lipinski definition) is 1. The van der Waals surface area contributed by atoms with Gasteiger partial charge >= 0.3 is 6.09 Å². The van der Waals surface area contributed by atoms with Crippen LogP contribution in [0.25, 0.3) is 0 Å². The summed E-state index contributed by atoms with van der Waals surface area (Å²) in [5.41, 5.74) is 5.34. The van der Waals surface area contributed by atoms with Crippen LogP contribution in [0.4, 0.5) is 4.79 Å². The maximum atomic E-state index is 11.2. The van der Waals surface area contributed by atoms with E-state index in [-0.39, 0.29) is 12.1 Å². The number of amides is 1. The van der Waals surface area contributed by atoms with Crippen LogP contribution in [0, 0.1) is 0 Å². The molecule has 0 aromatic heterocycles. The molecule has 0 radical (unpaired) electrons. The van der Waals surface area contributed by atoms with Crippen molar-refractivity contribution in [2.45, 2.75) is 26.3 Å². The zero-order valence-corrected chi connectivity index (χ0v) is 9.06. The Morgan fingerprint density at radius 3 is 2.46 bits per heavy atom. The van der Waals surface area contributed by atoms with Crippen molar-refractivity contribution >= 4 is 23.3 Å². The van der Waals surface area contributed by atoms with Crippen LogP contribution in [0.1, 0.15) is 20.3 Å². The number of methoxy groups -OCH3 is 1. The van der Waals surface area contributed by atoms with Gasteiger partial charge in [-0.2, -0.15) is 0 Å². The molecule has 13 heavy (non-hydrogen) atoms. The second-order valence-electron chi connectivity index (χ2n) is 2.97. The fourth-order valence-electron chi connectivity index (χ4n) is 0.908. The molecule has 0 aliphatic rings. The van der Waals surface area contributed by atoms with E-state index in [9.17, 15) is 4.79 Å². The molecule has 0 aromatic rings. The number of carbonyl (C=O) groups is 1. The topological polar surface area (TPSA) is 55.6 Å². The predicted octanol–water partition coefficient (Wildman–Crippen LogP) is 1.14. The predicted molar refractivity (Wildman–Crippen MR) is 55.6 cm³/mol. The van der Waals surface area contributed by atoms with Crippen molar-refractivity contribution in [2.24, 2.45) is 5.73 Å². The van der Waals surface area contributed by atoms with Crippen molar-refractivity contribution in [1.29, 1.82) is 0 Å². The number of thiocarbonyl (C=S) groups is 1. The molecule has 5 heteroatoms. The van der Waals surface area contributed by atoms with E-state index in [0.29, 0.717) is 18.0 Å². The van der Waals surface area contributed by atoms with E-state index in [0.717, 1.165) is 0 Å². The van der Waals surface area contributed by atoms with E-state index < -0.39 is 0 Å². The average Bonchev–Trinajstić information content (AvgIpc) is 2.03. The van der Waals surface area contributed by atoms with Gasteiger partial charge in [-0.25, -0.2) is 4.79 Å². The van der Waals surface area contributed by atoms with Crippen LogP contribution in [0.3, 0.4) is 0 Å². The molecule has 0 atom stereocenters. The van der Waals surface area contributed by atoms with Crippen LogP contribution >= 0.6 is 12.2 Å². The van der Waals surface area contributed by atoms with Gasteiger partial charge in [0.25, 0.3) is 0 Å². The van der Waals surface area contributed by atoms with Crippen molar-refractivity contribution in [1.82, 2.24) is 4.90 Å². The molecule has 0 heterocycles. The molecule has 0 spiro atoms. The zero-order chi connectivity index (χ0) is 10.4. The second-order valence-corrected chi connectivity index (χ2v) is 3.50. The van der Waals surface area contributed by atoms with E-state index >= 15 is 0 Å². The fourth-order valence-corrected chi connectivity index (χ4v) is 0.999. The molecule has 0 bridgehead atoms. The molecule has 0 aliphatic heterocycles. The minimum atomic E-state index is -0.341. The lowest BCUT2D eigenvalue weighted by molar-refractivity contribution is 0.113. The van der Waals surface area contributed by atoms with E-state index in [1.54, 1.807) is 4.90 Å². The molecule has 0 unspecified atom stereocenters. The first-order valence-electron chi connectivity index (χ1n) is 4.12. The second kappa shape index (κ2) is 5.75. The summed E-state index contributed by atoms with van der Waals surface area (Å²) in [7, 11) is 1.36. The molecule has 76 valence electrons. The lowest BCUT2D eigenvalue weighted by Crippen LogP contribution is -2.38. The molecule has 0 fully saturated rings. The van der Waals surface area contributed by atoms with Gasteiger partial charge in [-0.3, -0.25) is 0 Å². The fraction of sp³-hybridized carbons (Fsp3) is 0.750. The third kappa shape index (κ3) is 4.67. The standard InChI is InChI=1S/C8H16N2O2S/c1-6(2)10(8(11)12-3)5-4-7(9)13/h6H,4-5H2,1-3H3,(H2,9,13). The summed E-state index contributed by atoms with van der Waals surface area (Å²) < 4.78 is 4.61. The molecule has 0 saturated carbocycles. The Morgan fingerprint density at radius 2 is 2.15 bits per heavy atom. The number of nitrogens with two attached hydrogens (primary N) is 1. The summed E-state index contributed by atoms with van der Waals surface area (Å²) in [6, 6.07) is 0.0989. The highest BCUT2D eigenvalue weighted by Gasteiger charge is 2.16. The lowest BCUT2D eigenvalue weighted by atomic mass is 10.3. The van der Waals surface area contributed by atoms with Crippen LogP contribution < -0.4 is 5.73 Å². The Bertz CT molecular complexity index is 195. The van der Waals surface area contributed by atoms with Crippen molar-refractivity contribution < 1.29 is 9.53 Å². The van der Waals surface area contributed by atoms with Crippen LogP contribution in [0.15, 0.2) is 0 Å². The molecule has 2 N–H and O–H groups in total. The summed E-state index contributed by atoms with van der Waals surface area (Å²) in [5, 5.41) is 0. The van der Waals surface area contributed by atoms with Gasteiger partial charge in [0.1, 0.15) is 0 Å². The van der Waals surface area contributed by atoms with E-state index in [1.807, 2.05) is 13.8 Å². The average molecular weight is 204 g/mol. The van der Waals surface area contributed by atoms with E-state index in [1.165, 1.54) is 7.11 Å². The monoisotopic (exact) mass is 204 g/mol. The van der Waals surface area contributed by atoms with Gasteiger partial charge in [0.2, 0.25) is 0 Å². The van der Waals surface area contributed by atoms with Crippen LogP contribution in [-0.2, 0) is 4.74 Å². The number of rotatable bonds is 4. The lowest BCUT2D eigenvalue weighted by Gasteiger charge is -2.24. The normalized spacial score (nSPS) is 9.85. The maximum absolute atomic E-state index is 11.2. The summed E-state index contributed by atoms with van der Waals surface area (Å²) >= 11 is 4.72. The van der Waals surface area contributed by atoms with Crippen LogP contribution in [-0.4, -0.2) is 35.7 Å². The Kier molecular flexibility index (Phi) is 5.37. The highest BCUT2D eigenvalue weighted by molar-refractivity contribution is 7.80. The van der Waals surface area contributed by atoms with E-state index in [4.69, 9.17) is 18.0 Å². The third-order valence-corrected chi connectivity index (χ3v) is 1.84. The highest BCUT2D eigenvalue weighted by atomic mass is 32.1. The highest BCUT2D eigenvalue weighted by Crippen LogP contribution is 2.02. The zero-order valence-electron chi connectivity index (χ0n) is 8.24. The Balaban J connectivity index is 4.10. The first kappa shape index (κ1) is 12.2. The van der Waals surface area contributed by atoms with Gasteiger partial charge in [0, 0.05) is 19.0 Å². The summed E-state index contributed by atoms with van der Waals surface area (Å²) in [6.45, 7) is 4.34. The smallest absolute Gasteiger partial charge is 0.409 e. The molecule has 0 aliphatic carbocycles. The molecule has 1 amide bonds. The third-order valence-electron chi connectivity index (χ3n) is 1.63. The molecule has 0 saturated heterocycles. The van der Waals surface area contributed by atoms with Crippen molar-refractivity contribution in [2.75, 3.05) is 13.7 Å². The maximum Gasteiger partial charge on any atom is 0.409 e. The molecular weight excluding hydrogens is 188 g/mol. The number of carbonyl (C=O) groups excluding carboxylic acids is 1. The number of hydrogen-bond acceptors (Lipinski definition) is 3. The number of nitrogens with zero attached hydrogens (tertiary/aromatic N) is 1. The van der Waals surface area contributed by atoms with Crippen molar-refractivity contribution in [3.63, 3.8) is 0 Å². The summed E-state index contributed by atoms with van der Waals surface area (Å²) in [4.78, 5) is 13.2. The first-order chi connectivity index (χ1) is 5.99. The first-order valence-corrected chi connectivity index (χ1v) is 4.52. The van der Waals surface area contributed by atoms with Gasteiger partial charge in [-0.15, -0.1) is 0 Å². The molecule has 0 aromatic carbocycles. The summed E-state index contributed by atoms with van der Waals surface area (Å²) in [5.74, 6) is 0. The SMILES string of the molecule is COC(=O)N(CCC(N)=S)C(C)C. The van der Waals surface area contributed by atoms with Gasteiger partial charge in [0.05, 0.1) is 12.1 Å². The molecule has 4 nitrogen and oxygen atoms in total. The molecule has 0 rings (SSSR count). The Hall–Kier alpha value is -0.840. The van der Waals surface area contributed by atoms with E-state index in [2.05, 4.69) is 4.74 Å². The quantitative estimate of drug-likeness (QED) is 0.698. The van der Waals surface area contributed by atoms with Crippen molar-refractivity contribution in [3.05, 3.63) is 0 Å². The van der Waals surface area contributed by atoms with Crippen LogP contribution in [0.5, 0.6) is 0 Å². The largest absolute Gasteiger partial charge is 0.453 e. The van der Waals surface area contributed by atoms with Gasteiger partial charge in [-0.05, 0) is 13.8 Å². The van der Waals surface area contributed by atoms with Gasteiger partial charge in [0.15, 0.2) is 0 Å². The van der Waals surface area contributed by atoms with Gasteiger partial charge < -0.3 is 15.4 Å². The Labute approximate surface area is 84.0 Å². The van der Waals surface area contributed by atoms with Gasteiger partial charge in [-0.1, -0.05) is 12.2 Å². The minimum Gasteiger partial charge on any atom is -0.453 e. The number of ether oxygens (including phenoxy) is 1. The molecular formula is C8H16N2O2S. The summed E-state index contributed by atoms with van der Waals surface area (Å²) in [6.07, 6.45) is 0.189. The minimum absolute atomic E-state index is 0.0989. The Morgan fingerprint density at radius 1 is 1.62 bits per heavy atom. The van der Waals surface area contributed by atoms with Crippen molar-refractivity contribution in [3.8, 4) is 0 Å². The van der Waals surface area contributed by atoms with Crippen LogP contribution in [0.2, 0.25) is 0 Å².